The molecule has 4 fully saturated rings. The van der Waals surface area contributed by atoms with Gasteiger partial charge in [-0.25, -0.2) is 0 Å². The fourth-order valence-corrected chi connectivity index (χ4v) is 5.12. The minimum Gasteiger partial charge on any atom is -0.386 e. The van der Waals surface area contributed by atoms with E-state index in [9.17, 15) is 27.1 Å². The zero-order valence-electron chi connectivity index (χ0n) is 11.7. The summed E-state index contributed by atoms with van der Waals surface area (Å²) < 4.78 is 65.6. The van der Waals surface area contributed by atoms with E-state index >= 15 is 0 Å². The Labute approximate surface area is 124 Å². The highest BCUT2D eigenvalue weighted by Crippen LogP contribution is 2.59. The first-order valence-electron chi connectivity index (χ1n) is 7.52. The fraction of sp³-hybridized carbons (Fsp3) is 1.00. The molecule has 0 saturated heterocycles. The molecule has 0 spiro atoms. The van der Waals surface area contributed by atoms with E-state index < -0.39 is 29.9 Å². The van der Waals surface area contributed by atoms with Crippen molar-refractivity contribution in [2.45, 2.75) is 56.1 Å². The number of alkyl halides is 5. The van der Waals surface area contributed by atoms with Crippen LogP contribution in [0, 0.1) is 29.6 Å². The third-order valence-corrected chi connectivity index (χ3v) is 5.90. The Bertz CT molecular complexity index is 420. The Morgan fingerprint density at radius 1 is 0.773 bits per heavy atom. The van der Waals surface area contributed by atoms with Crippen molar-refractivity contribution in [3.05, 3.63) is 0 Å². The molecule has 1 unspecified atom stereocenters. The van der Waals surface area contributed by atoms with Crippen LogP contribution < -0.4 is 0 Å². The zero-order chi connectivity index (χ0) is 16.5. The highest BCUT2D eigenvalue weighted by atomic mass is 19.4. The molecule has 1 atom stereocenters. The number of aliphatic hydroxyl groups excluding tert-OH is 1. The van der Waals surface area contributed by atoms with Crippen LogP contribution in [0.25, 0.3) is 0 Å². The molecule has 0 amide bonds. The summed E-state index contributed by atoms with van der Waals surface area (Å²) in [6.45, 7) is 0. The number of rotatable bonds is 3. The smallest absolute Gasteiger partial charge is 0.386 e. The van der Waals surface area contributed by atoms with E-state index in [1.807, 2.05) is 0 Å². The third kappa shape index (κ3) is 2.17. The van der Waals surface area contributed by atoms with Gasteiger partial charge in [0.25, 0.3) is 0 Å². The highest BCUT2D eigenvalue weighted by Gasteiger charge is 2.73. The summed E-state index contributed by atoms with van der Waals surface area (Å²) in [6, 6.07) is 0. The largest absolute Gasteiger partial charge is 0.449 e. The van der Waals surface area contributed by atoms with Crippen molar-refractivity contribution in [2.75, 3.05) is 0 Å². The van der Waals surface area contributed by atoms with Gasteiger partial charge in [-0.1, -0.05) is 0 Å². The van der Waals surface area contributed by atoms with Crippen molar-refractivity contribution in [3.63, 3.8) is 0 Å². The van der Waals surface area contributed by atoms with Crippen LogP contribution in [0.2, 0.25) is 0 Å². The van der Waals surface area contributed by atoms with E-state index in [1.165, 1.54) is 0 Å². The number of aliphatic hydroxyl groups is 3. The van der Waals surface area contributed by atoms with Crippen LogP contribution in [0.5, 0.6) is 0 Å². The third-order valence-electron chi connectivity index (χ3n) is 5.90. The second kappa shape index (κ2) is 4.77. The van der Waals surface area contributed by atoms with Crippen molar-refractivity contribution in [3.8, 4) is 0 Å². The number of hydrogen-bond donors (Lipinski definition) is 3. The Morgan fingerprint density at radius 3 is 1.55 bits per heavy atom. The van der Waals surface area contributed by atoms with Crippen LogP contribution in [0.4, 0.5) is 22.0 Å². The van der Waals surface area contributed by atoms with Crippen molar-refractivity contribution in [1.29, 1.82) is 0 Å². The summed E-state index contributed by atoms with van der Waals surface area (Å²) >= 11 is 0. The van der Waals surface area contributed by atoms with Crippen LogP contribution in [0.1, 0.15) is 32.1 Å². The monoisotopic (exact) mass is 330 g/mol. The van der Waals surface area contributed by atoms with Gasteiger partial charge in [-0.15, -0.1) is 0 Å². The normalized spacial score (nSPS) is 40.1. The second-order valence-electron chi connectivity index (χ2n) is 7.25. The maximum Gasteiger partial charge on any atom is 0.449 e. The predicted molar refractivity (Wildman–Crippen MR) is 64.7 cm³/mol. The Morgan fingerprint density at radius 2 is 1.18 bits per heavy atom. The summed E-state index contributed by atoms with van der Waals surface area (Å²) in [5.74, 6) is -11.0. The fourth-order valence-electron chi connectivity index (χ4n) is 5.12. The molecule has 22 heavy (non-hydrogen) atoms. The predicted octanol–water partition coefficient (Wildman–Crippen LogP) is 2.30. The standard InChI is InChI=1S/C14H19F5O3/c15-12(16,13(21,22)14(17,18)19)11(20)10-8-2-6-1-7(4-8)5-9(10)3-6/h6-11,20-22H,1-5H2. The first kappa shape index (κ1) is 16.4. The molecule has 3 N–H and O–H groups in total. The second-order valence-corrected chi connectivity index (χ2v) is 7.25. The van der Waals surface area contributed by atoms with Crippen molar-refractivity contribution >= 4 is 0 Å². The Hall–Kier alpha value is -0.470. The maximum absolute atomic E-state index is 14.0. The van der Waals surface area contributed by atoms with E-state index in [1.54, 1.807) is 0 Å². The topological polar surface area (TPSA) is 60.7 Å². The zero-order valence-corrected chi connectivity index (χ0v) is 11.7. The molecule has 128 valence electrons. The molecule has 4 saturated carbocycles. The molecule has 4 bridgehead atoms. The first-order chi connectivity index (χ1) is 9.95. The summed E-state index contributed by atoms with van der Waals surface area (Å²) in [6.07, 6.45) is -5.12. The summed E-state index contributed by atoms with van der Waals surface area (Å²) in [5.41, 5.74) is 0. The van der Waals surface area contributed by atoms with Gasteiger partial charge in [-0.3, -0.25) is 0 Å². The van der Waals surface area contributed by atoms with Crippen LogP contribution in [-0.2, 0) is 0 Å². The number of hydrogen-bond acceptors (Lipinski definition) is 3. The summed E-state index contributed by atoms with van der Waals surface area (Å²) in [7, 11) is 0. The molecule has 4 aliphatic carbocycles. The van der Waals surface area contributed by atoms with Crippen LogP contribution in [-0.4, -0.2) is 39.3 Å². The lowest BCUT2D eigenvalue weighted by Gasteiger charge is -2.56. The first-order valence-corrected chi connectivity index (χ1v) is 7.52. The average Bonchev–Trinajstić information content (AvgIpc) is 2.35. The summed E-state index contributed by atoms with van der Waals surface area (Å²) in [4.78, 5) is 0. The van der Waals surface area contributed by atoms with Gasteiger partial charge in [0, 0.05) is 0 Å². The molecule has 3 nitrogen and oxygen atoms in total. The van der Waals surface area contributed by atoms with Gasteiger partial charge in [0.1, 0.15) is 6.10 Å². The molecule has 0 aromatic heterocycles. The van der Waals surface area contributed by atoms with Gasteiger partial charge in [0.05, 0.1) is 0 Å². The maximum atomic E-state index is 14.0. The SMILES string of the molecule is OC(C1C2CC3CC(C2)CC1C3)C(F)(F)C(O)(O)C(F)(F)F. The van der Waals surface area contributed by atoms with Gasteiger partial charge < -0.3 is 15.3 Å². The molecular formula is C14H19F5O3. The lowest BCUT2D eigenvalue weighted by atomic mass is 9.50. The van der Waals surface area contributed by atoms with Crippen molar-refractivity contribution in [1.82, 2.24) is 0 Å². The minimum absolute atomic E-state index is 0.263. The summed E-state index contributed by atoms with van der Waals surface area (Å²) in [5, 5.41) is 27.8. The molecular weight excluding hydrogens is 311 g/mol. The van der Waals surface area contributed by atoms with E-state index in [2.05, 4.69) is 0 Å². The molecule has 0 radical (unpaired) electrons. The van der Waals surface area contributed by atoms with Gasteiger partial charge in [-0.05, 0) is 61.7 Å². The van der Waals surface area contributed by atoms with Gasteiger partial charge in [0.15, 0.2) is 0 Å². The van der Waals surface area contributed by atoms with Crippen molar-refractivity contribution in [2.24, 2.45) is 29.6 Å². The van der Waals surface area contributed by atoms with E-state index in [0.717, 1.165) is 6.42 Å². The van der Waals surface area contributed by atoms with Crippen LogP contribution >= 0.6 is 0 Å². The van der Waals surface area contributed by atoms with Gasteiger partial charge >= 0.3 is 17.9 Å². The van der Waals surface area contributed by atoms with Gasteiger partial charge in [-0.2, -0.15) is 22.0 Å². The molecule has 0 aliphatic heterocycles. The molecule has 4 aliphatic rings. The molecule has 8 heteroatoms. The molecule has 0 aromatic carbocycles. The Kier molecular flexibility index (Phi) is 3.55. The molecule has 0 heterocycles. The number of halogens is 5. The van der Waals surface area contributed by atoms with Crippen LogP contribution in [0.3, 0.4) is 0 Å². The quantitative estimate of drug-likeness (QED) is 0.550. The lowest BCUT2D eigenvalue weighted by Crippen LogP contribution is -2.67. The highest BCUT2D eigenvalue weighted by molar-refractivity contribution is 5.05. The van der Waals surface area contributed by atoms with E-state index in [-0.39, 0.29) is 11.8 Å². The Balaban J connectivity index is 1.85. The van der Waals surface area contributed by atoms with Crippen LogP contribution in [0.15, 0.2) is 0 Å². The average molecular weight is 330 g/mol. The van der Waals surface area contributed by atoms with Crippen molar-refractivity contribution < 1.29 is 37.3 Å². The molecule has 4 rings (SSSR count). The lowest BCUT2D eigenvalue weighted by molar-refractivity contribution is -0.434. The van der Waals surface area contributed by atoms with Gasteiger partial charge in [0.2, 0.25) is 0 Å². The molecule has 0 aromatic rings. The van der Waals surface area contributed by atoms with E-state index in [0.29, 0.717) is 37.5 Å². The van der Waals surface area contributed by atoms with E-state index in [4.69, 9.17) is 10.2 Å². The minimum atomic E-state index is -5.94.